The summed E-state index contributed by atoms with van der Waals surface area (Å²) in [5.74, 6) is 1.63. The van der Waals surface area contributed by atoms with Crippen LogP contribution in [0.1, 0.15) is 29.3 Å². The maximum atomic E-state index is 12.8. The van der Waals surface area contributed by atoms with Gasteiger partial charge in [-0.15, -0.1) is 11.3 Å². The molecule has 2 aromatic rings. The van der Waals surface area contributed by atoms with Crippen LogP contribution in [0.3, 0.4) is 0 Å². The number of benzene rings is 1. The van der Waals surface area contributed by atoms with Gasteiger partial charge in [0.2, 0.25) is 0 Å². The summed E-state index contributed by atoms with van der Waals surface area (Å²) in [5.41, 5.74) is 2.38. The second kappa shape index (κ2) is 10.9. The zero-order chi connectivity index (χ0) is 19.6. The molecule has 0 bridgehead atoms. The van der Waals surface area contributed by atoms with E-state index in [9.17, 15) is 4.79 Å². The predicted molar refractivity (Wildman–Crippen MR) is 110 cm³/mol. The number of rotatable bonds is 11. The molecule has 2 N–H and O–H groups in total. The molecule has 0 aliphatic heterocycles. The van der Waals surface area contributed by atoms with E-state index in [0.717, 1.165) is 36.4 Å². The predicted octanol–water partition coefficient (Wildman–Crippen LogP) is 2.62. The topological polar surface area (TPSA) is 55.4 Å². The number of carbonyl (C=O) groups is 1. The van der Waals surface area contributed by atoms with Gasteiger partial charge >= 0.3 is 0 Å². The van der Waals surface area contributed by atoms with E-state index in [2.05, 4.69) is 30.6 Å². The van der Waals surface area contributed by atoms with Crippen LogP contribution in [0.4, 0.5) is 0 Å². The second-order valence-electron chi connectivity index (χ2n) is 6.56. The maximum absolute atomic E-state index is 12.8. The third kappa shape index (κ3) is 6.26. The number of hydrogen-bond acceptors (Lipinski definition) is 4. The fourth-order valence-electron chi connectivity index (χ4n) is 2.89. The Morgan fingerprint density at radius 1 is 1.19 bits per heavy atom. The fraction of sp³-hybridized carbons (Fsp3) is 0.476. The maximum Gasteiger partial charge on any atom is 0.278 e. The molecule has 0 radical (unpaired) electrons. The first-order valence-corrected chi connectivity index (χ1v) is 10.3. The Morgan fingerprint density at radius 3 is 2.59 bits per heavy atom. The highest BCUT2D eigenvalue weighted by Crippen LogP contribution is 2.28. The zero-order valence-electron chi connectivity index (χ0n) is 16.8. The van der Waals surface area contributed by atoms with Gasteiger partial charge < -0.3 is 19.7 Å². The average Bonchev–Trinajstić information content (AvgIpc) is 3.09. The van der Waals surface area contributed by atoms with Crippen molar-refractivity contribution in [2.75, 3.05) is 33.9 Å². The number of amides is 1. The molecule has 0 unspecified atom stereocenters. The first-order valence-electron chi connectivity index (χ1n) is 9.42. The quantitative estimate of drug-likeness (QED) is 0.599. The molecule has 1 aromatic carbocycles. The van der Waals surface area contributed by atoms with Crippen molar-refractivity contribution in [3.63, 3.8) is 0 Å². The lowest BCUT2D eigenvalue weighted by Gasteiger charge is -2.22. The number of nitrogens with zero attached hydrogens (tertiary/aromatic N) is 1. The van der Waals surface area contributed by atoms with E-state index in [1.165, 1.54) is 10.4 Å². The van der Waals surface area contributed by atoms with Gasteiger partial charge in [-0.05, 0) is 54.5 Å². The molecule has 0 atom stereocenters. The van der Waals surface area contributed by atoms with Crippen LogP contribution in [0.5, 0.6) is 11.5 Å². The number of nitrogens with two attached hydrogens (primary N) is 1. The van der Waals surface area contributed by atoms with Gasteiger partial charge in [-0.3, -0.25) is 4.79 Å². The molecule has 0 aliphatic rings. The van der Waals surface area contributed by atoms with Crippen LogP contribution in [-0.4, -0.2) is 44.7 Å². The van der Waals surface area contributed by atoms with E-state index < -0.39 is 0 Å². The van der Waals surface area contributed by atoms with E-state index in [4.69, 9.17) is 9.47 Å². The van der Waals surface area contributed by atoms with Crippen LogP contribution in [0.2, 0.25) is 0 Å². The molecule has 2 rings (SSSR count). The summed E-state index contributed by atoms with van der Waals surface area (Å²) in [5, 5.41) is 4.18. The van der Waals surface area contributed by atoms with Crippen molar-refractivity contribution in [1.82, 2.24) is 4.90 Å². The fourth-order valence-corrected chi connectivity index (χ4v) is 3.81. The van der Waals surface area contributed by atoms with Crippen molar-refractivity contribution in [2.24, 2.45) is 0 Å². The SMILES string of the molecule is CCC[NH2+]CC(=O)N(CCc1ccc(OC)c(OC)c1)Cc1sccc1C. The zero-order valence-corrected chi connectivity index (χ0v) is 17.6. The Bertz CT molecular complexity index is 730. The molecule has 0 saturated carbocycles. The second-order valence-corrected chi connectivity index (χ2v) is 7.56. The van der Waals surface area contributed by atoms with Gasteiger partial charge in [-0.25, -0.2) is 0 Å². The van der Waals surface area contributed by atoms with Crippen LogP contribution >= 0.6 is 11.3 Å². The highest BCUT2D eigenvalue weighted by atomic mass is 32.1. The standard InChI is InChI=1S/C21H30N2O3S/c1-5-10-22-14-21(24)23(15-20-16(2)9-12-27-20)11-8-17-6-7-18(25-3)19(13-17)26-4/h6-7,9,12-13,22H,5,8,10-11,14-15H2,1-4H3/p+1. The van der Waals surface area contributed by atoms with Crippen molar-refractivity contribution < 1.29 is 19.6 Å². The number of thiophene rings is 1. The number of quaternary nitrogens is 1. The minimum Gasteiger partial charge on any atom is -0.493 e. The monoisotopic (exact) mass is 391 g/mol. The van der Waals surface area contributed by atoms with Gasteiger partial charge in [0, 0.05) is 11.4 Å². The number of hydrogen-bond donors (Lipinski definition) is 1. The molecule has 0 spiro atoms. The Hall–Kier alpha value is -2.05. The third-order valence-electron chi connectivity index (χ3n) is 4.59. The van der Waals surface area contributed by atoms with E-state index in [0.29, 0.717) is 19.6 Å². The summed E-state index contributed by atoms with van der Waals surface area (Å²) in [7, 11) is 3.27. The number of aryl methyl sites for hydroxylation is 1. The number of ether oxygens (including phenoxy) is 2. The van der Waals surface area contributed by atoms with Crippen LogP contribution in [0.25, 0.3) is 0 Å². The summed E-state index contributed by atoms with van der Waals surface area (Å²) < 4.78 is 10.7. The molecule has 1 aromatic heterocycles. The molecule has 1 amide bonds. The van der Waals surface area contributed by atoms with Gasteiger partial charge in [0.15, 0.2) is 18.0 Å². The number of methoxy groups -OCH3 is 2. The first-order chi connectivity index (χ1) is 13.1. The van der Waals surface area contributed by atoms with Gasteiger partial charge in [-0.1, -0.05) is 13.0 Å². The van der Waals surface area contributed by atoms with Crippen LogP contribution < -0.4 is 14.8 Å². The molecule has 0 fully saturated rings. The smallest absolute Gasteiger partial charge is 0.278 e. The average molecular weight is 392 g/mol. The van der Waals surface area contributed by atoms with Crippen LogP contribution in [0, 0.1) is 6.92 Å². The van der Waals surface area contributed by atoms with Gasteiger partial charge in [0.05, 0.1) is 27.3 Å². The highest BCUT2D eigenvalue weighted by molar-refractivity contribution is 7.10. The summed E-state index contributed by atoms with van der Waals surface area (Å²) in [4.78, 5) is 16.0. The van der Waals surface area contributed by atoms with Gasteiger partial charge in [0.1, 0.15) is 0 Å². The first kappa shape index (κ1) is 21.3. The molecular formula is C21H31N2O3S+. The van der Waals surface area contributed by atoms with E-state index in [1.54, 1.807) is 25.6 Å². The third-order valence-corrected chi connectivity index (χ3v) is 5.59. The van der Waals surface area contributed by atoms with Crippen molar-refractivity contribution >= 4 is 17.2 Å². The lowest BCUT2D eigenvalue weighted by molar-refractivity contribution is -0.644. The molecular weight excluding hydrogens is 360 g/mol. The summed E-state index contributed by atoms with van der Waals surface area (Å²) in [6.07, 6.45) is 1.85. The highest BCUT2D eigenvalue weighted by Gasteiger charge is 2.17. The largest absolute Gasteiger partial charge is 0.493 e. The Balaban J connectivity index is 2.06. The van der Waals surface area contributed by atoms with Gasteiger partial charge in [-0.2, -0.15) is 0 Å². The Kier molecular flexibility index (Phi) is 8.61. The molecule has 27 heavy (non-hydrogen) atoms. The summed E-state index contributed by atoms with van der Waals surface area (Å²) in [6.45, 7) is 7.08. The molecule has 6 heteroatoms. The van der Waals surface area contributed by atoms with Crippen molar-refractivity contribution in [2.45, 2.75) is 33.2 Å². The van der Waals surface area contributed by atoms with E-state index in [1.807, 2.05) is 23.1 Å². The van der Waals surface area contributed by atoms with Crippen molar-refractivity contribution in [3.8, 4) is 11.5 Å². The molecule has 148 valence electrons. The summed E-state index contributed by atoms with van der Waals surface area (Å²) >= 11 is 1.72. The van der Waals surface area contributed by atoms with Crippen molar-refractivity contribution in [1.29, 1.82) is 0 Å². The minimum absolute atomic E-state index is 0.191. The molecule has 0 aliphatic carbocycles. The molecule has 1 heterocycles. The van der Waals surface area contributed by atoms with Crippen molar-refractivity contribution in [3.05, 3.63) is 45.6 Å². The minimum atomic E-state index is 0.191. The van der Waals surface area contributed by atoms with E-state index in [-0.39, 0.29) is 5.91 Å². The molecule has 0 saturated heterocycles. The molecule has 5 nitrogen and oxygen atoms in total. The van der Waals surface area contributed by atoms with E-state index >= 15 is 0 Å². The Morgan fingerprint density at radius 2 is 1.96 bits per heavy atom. The normalized spacial score (nSPS) is 10.7. The Labute approximate surface area is 166 Å². The summed E-state index contributed by atoms with van der Waals surface area (Å²) in [6, 6.07) is 8.05. The van der Waals surface area contributed by atoms with Crippen LogP contribution in [-0.2, 0) is 17.8 Å². The van der Waals surface area contributed by atoms with Gasteiger partial charge in [0.25, 0.3) is 5.91 Å². The number of carbonyl (C=O) groups excluding carboxylic acids is 1. The lowest BCUT2D eigenvalue weighted by atomic mass is 10.1. The van der Waals surface area contributed by atoms with Crippen LogP contribution in [0.15, 0.2) is 29.6 Å². The lowest BCUT2D eigenvalue weighted by Crippen LogP contribution is -2.86.